The summed E-state index contributed by atoms with van der Waals surface area (Å²) >= 11 is 0. The molecule has 7 heteroatoms. The van der Waals surface area contributed by atoms with Crippen molar-refractivity contribution in [3.05, 3.63) is 72.3 Å². The highest BCUT2D eigenvalue weighted by Crippen LogP contribution is 2.33. The van der Waals surface area contributed by atoms with Gasteiger partial charge in [0.1, 0.15) is 29.7 Å². The summed E-state index contributed by atoms with van der Waals surface area (Å²) in [7, 11) is 0. The van der Waals surface area contributed by atoms with Gasteiger partial charge in [-0.3, -0.25) is 0 Å². The maximum Gasteiger partial charge on any atom is 0.422 e. The molecule has 0 aromatic heterocycles. The van der Waals surface area contributed by atoms with E-state index in [0.29, 0.717) is 16.3 Å². The second kappa shape index (κ2) is 8.51. The van der Waals surface area contributed by atoms with Crippen LogP contribution in [0, 0.1) is 11.6 Å². The average Bonchev–Trinajstić information content (AvgIpc) is 2.65. The Morgan fingerprint density at radius 2 is 1.48 bits per heavy atom. The monoisotopic (exact) mass is 408 g/mol. The third-order valence-electron chi connectivity index (χ3n) is 4.10. The first kappa shape index (κ1) is 20.6. The standard InChI is InChI=1S/C22H17F5O2/c1-2-3-8-28-18-11-19(23)21(20(24)12-18)16-5-4-15-10-17(7-6-14(15)9-16)29-13-22(25,26)27/h2-7,9-12H,8,13H2,1H3. The highest BCUT2D eigenvalue weighted by molar-refractivity contribution is 5.88. The minimum atomic E-state index is -4.43. The van der Waals surface area contributed by atoms with E-state index in [1.54, 1.807) is 31.2 Å². The largest absolute Gasteiger partial charge is 0.489 e. The number of alkyl halides is 3. The fraction of sp³-hybridized carbons (Fsp3) is 0.182. The Kier molecular flexibility index (Phi) is 6.06. The molecule has 3 rings (SSSR count). The molecule has 0 aliphatic heterocycles. The molecule has 0 spiro atoms. The molecule has 152 valence electrons. The number of benzene rings is 3. The van der Waals surface area contributed by atoms with Crippen molar-refractivity contribution in [2.24, 2.45) is 0 Å². The summed E-state index contributed by atoms with van der Waals surface area (Å²) in [6, 6.07) is 11.2. The van der Waals surface area contributed by atoms with Crippen molar-refractivity contribution in [1.82, 2.24) is 0 Å². The zero-order chi connectivity index (χ0) is 21.0. The van der Waals surface area contributed by atoms with Gasteiger partial charge in [-0.1, -0.05) is 30.4 Å². The Hall–Kier alpha value is -3.09. The van der Waals surface area contributed by atoms with Gasteiger partial charge >= 0.3 is 6.18 Å². The second-order valence-corrected chi connectivity index (χ2v) is 6.27. The normalized spacial score (nSPS) is 11.9. The molecule has 0 fully saturated rings. The van der Waals surface area contributed by atoms with Crippen LogP contribution >= 0.6 is 0 Å². The van der Waals surface area contributed by atoms with Crippen LogP contribution in [0.25, 0.3) is 21.9 Å². The number of allylic oxidation sites excluding steroid dienone is 1. The molecule has 0 atom stereocenters. The molecular weight excluding hydrogens is 391 g/mol. The molecule has 29 heavy (non-hydrogen) atoms. The average molecular weight is 408 g/mol. The number of fused-ring (bicyclic) bond motifs is 1. The minimum Gasteiger partial charge on any atom is -0.489 e. The van der Waals surface area contributed by atoms with Gasteiger partial charge in [0.05, 0.1) is 5.56 Å². The Labute approximate surface area is 164 Å². The molecule has 0 saturated carbocycles. The number of hydrogen-bond acceptors (Lipinski definition) is 2. The first-order valence-corrected chi connectivity index (χ1v) is 8.73. The van der Waals surface area contributed by atoms with E-state index < -0.39 is 24.4 Å². The van der Waals surface area contributed by atoms with Gasteiger partial charge < -0.3 is 9.47 Å². The Bertz CT molecular complexity index is 1020. The molecule has 0 saturated heterocycles. The lowest BCUT2D eigenvalue weighted by Gasteiger charge is -2.12. The molecule has 0 N–H and O–H groups in total. The molecule has 0 aliphatic carbocycles. The summed E-state index contributed by atoms with van der Waals surface area (Å²) in [5, 5.41) is 1.19. The zero-order valence-electron chi connectivity index (χ0n) is 15.4. The van der Waals surface area contributed by atoms with Crippen LogP contribution in [0.1, 0.15) is 6.92 Å². The van der Waals surface area contributed by atoms with Gasteiger partial charge in [-0.05, 0) is 41.5 Å². The van der Waals surface area contributed by atoms with E-state index in [4.69, 9.17) is 9.47 Å². The van der Waals surface area contributed by atoms with Crippen LogP contribution in [0.3, 0.4) is 0 Å². The molecule has 3 aromatic rings. The lowest BCUT2D eigenvalue weighted by molar-refractivity contribution is -0.153. The third kappa shape index (κ3) is 5.25. The minimum absolute atomic E-state index is 0.0579. The van der Waals surface area contributed by atoms with Crippen LogP contribution in [-0.4, -0.2) is 19.4 Å². The molecular formula is C22H17F5O2. The number of ether oxygens (including phenoxy) is 2. The van der Waals surface area contributed by atoms with Gasteiger partial charge in [0.2, 0.25) is 0 Å². The van der Waals surface area contributed by atoms with Gasteiger partial charge in [-0.15, -0.1) is 0 Å². The maximum atomic E-state index is 14.5. The zero-order valence-corrected chi connectivity index (χ0v) is 15.4. The van der Waals surface area contributed by atoms with E-state index in [1.807, 2.05) is 0 Å². The summed E-state index contributed by atoms with van der Waals surface area (Å²) in [4.78, 5) is 0. The van der Waals surface area contributed by atoms with E-state index >= 15 is 0 Å². The van der Waals surface area contributed by atoms with Crippen molar-refractivity contribution < 1.29 is 31.4 Å². The molecule has 2 nitrogen and oxygen atoms in total. The summed E-state index contributed by atoms with van der Waals surface area (Å²) in [6.45, 7) is 0.609. The van der Waals surface area contributed by atoms with Gasteiger partial charge in [0, 0.05) is 12.1 Å². The van der Waals surface area contributed by atoms with E-state index in [2.05, 4.69) is 0 Å². The van der Waals surface area contributed by atoms with Crippen molar-refractivity contribution in [2.45, 2.75) is 13.1 Å². The number of halogens is 5. The second-order valence-electron chi connectivity index (χ2n) is 6.27. The topological polar surface area (TPSA) is 18.5 Å². The van der Waals surface area contributed by atoms with Crippen LogP contribution in [0.15, 0.2) is 60.7 Å². The van der Waals surface area contributed by atoms with Crippen molar-refractivity contribution in [3.8, 4) is 22.6 Å². The smallest absolute Gasteiger partial charge is 0.422 e. The van der Waals surface area contributed by atoms with E-state index in [9.17, 15) is 22.0 Å². The molecule has 0 aliphatic rings. The quantitative estimate of drug-likeness (QED) is 0.335. The first-order valence-electron chi connectivity index (χ1n) is 8.73. The molecule has 3 aromatic carbocycles. The van der Waals surface area contributed by atoms with Crippen LogP contribution in [-0.2, 0) is 0 Å². The third-order valence-corrected chi connectivity index (χ3v) is 4.10. The summed E-state index contributed by atoms with van der Waals surface area (Å²) in [5.74, 6) is -1.41. The van der Waals surface area contributed by atoms with Gasteiger partial charge in [-0.25, -0.2) is 8.78 Å². The van der Waals surface area contributed by atoms with Crippen molar-refractivity contribution >= 4 is 10.8 Å². The van der Waals surface area contributed by atoms with Crippen molar-refractivity contribution in [3.63, 3.8) is 0 Å². The maximum absolute atomic E-state index is 14.5. The molecule has 0 bridgehead atoms. The van der Waals surface area contributed by atoms with Gasteiger partial charge in [0.15, 0.2) is 6.61 Å². The highest BCUT2D eigenvalue weighted by atomic mass is 19.4. The molecule has 0 radical (unpaired) electrons. The first-order chi connectivity index (χ1) is 13.8. The Balaban J connectivity index is 1.88. The Morgan fingerprint density at radius 3 is 2.14 bits per heavy atom. The van der Waals surface area contributed by atoms with Crippen LogP contribution in [0.4, 0.5) is 22.0 Å². The van der Waals surface area contributed by atoms with Crippen molar-refractivity contribution in [1.29, 1.82) is 0 Å². The Morgan fingerprint density at radius 1 is 0.828 bits per heavy atom. The predicted octanol–water partition coefficient (Wildman–Crippen LogP) is 6.68. The van der Waals surface area contributed by atoms with Crippen molar-refractivity contribution in [2.75, 3.05) is 13.2 Å². The summed E-state index contributed by atoms with van der Waals surface area (Å²) < 4.78 is 75.9. The molecule has 0 heterocycles. The fourth-order valence-corrected chi connectivity index (χ4v) is 2.78. The lowest BCUT2D eigenvalue weighted by atomic mass is 10.00. The van der Waals surface area contributed by atoms with E-state index in [0.717, 1.165) is 12.1 Å². The number of hydrogen-bond donors (Lipinski definition) is 0. The van der Waals surface area contributed by atoms with Crippen LogP contribution < -0.4 is 9.47 Å². The summed E-state index contributed by atoms with van der Waals surface area (Å²) in [6.07, 6.45) is -0.966. The van der Waals surface area contributed by atoms with Crippen LogP contribution in [0.5, 0.6) is 11.5 Å². The molecule has 0 amide bonds. The van der Waals surface area contributed by atoms with Crippen LogP contribution in [0.2, 0.25) is 0 Å². The SMILES string of the molecule is CC=CCOc1cc(F)c(-c2ccc3cc(OCC(F)(F)F)ccc3c2)c(F)c1. The summed E-state index contributed by atoms with van der Waals surface area (Å²) in [5.41, 5.74) is 0.0964. The lowest BCUT2D eigenvalue weighted by Crippen LogP contribution is -2.19. The van der Waals surface area contributed by atoms with Gasteiger partial charge in [0.25, 0.3) is 0 Å². The van der Waals surface area contributed by atoms with E-state index in [-0.39, 0.29) is 23.7 Å². The predicted molar refractivity (Wildman–Crippen MR) is 101 cm³/mol. The van der Waals surface area contributed by atoms with E-state index in [1.165, 1.54) is 24.3 Å². The van der Waals surface area contributed by atoms with Gasteiger partial charge in [-0.2, -0.15) is 13.2 Å². The number of rotatable bonds is 6. The fourth-order valence-electron chi connectivity index (χ4n) is 2.78. The highest BCUT2D eigenvalue weighted by Gasteiger charge is 2.28. The molecule has 0 unspecified atom stereocenters.